The van der Waals surface area contributed by atoms with E-state index in [1.54, 1.807) is 0 Å². The zero-order valence-corrected chi connectivity index (χ0v) is 10.8. The highest BCUT2D eigenvalue weighted by Crippen LogP contribution is 2.54. The molecule has 2 aliphatic rings. The Morgan fingerprint density at radius 3 is 2.88 bits per heavy atom. The van der Waals surface area contributed by atoms with E-state index < -0.39 is 0 Å². The summed E-state index contributed by atoms with van der Waals surface area (Å²) < 4.78 is 0. The molecular weight excluding hydrogens is 196 g/mol. The summed E-state index contributed by atoms with van der Waals surface area (Å²) in [6.07, 6.45) is 9.32. The van der Waals surface area contributed by atoms with Crippen LogP contribution < -0.4 is 0 Å². The van der Waals surface area contributed by atoms with E-state index in [1.807, 2.05) is 0 Å². The Labute approximate surface area is 99.3 Å². The van der Waals surface area contributed by atoms with Crippen LogP contribution in [0.3, 0.4) is 0 Å². The van der Waals surface area contributed by atoms with Crippen LogP contribution in [0.2, 0.25) is 0 Å². The summed E-state index contributed by atoms with van der Waals surface area (Å²) in [6.45, 7) is 7.26. The smallest absolute Gasteiger partial charge is 0.124 e. The fourth-order valence-electron chi connectivity index (χ4n) is 3.81. The maximum atomic E-state index is 10.6. The summed E-state index contributed by atoms with van der Waals surface area (Å²) in [7, 11) is 0. The molecule has 0 heterocycles. The minimum Gasteiger partial charge on any atom is -0.303 e. The van der Waals surface area contributed by atoms with Crippen LogP contribution >= 0.6 is 0 Å². The van der Waals surface area contributed by atoms with Crippen molar-refractivity contribution in [3.05, 3.63) is 11.6 Å². The average Bonchev–Trinajstić information content (AvgIpc) is 2.27. The number of fused-ring (bicyclic) bond motifs is 1. The molecule has 16 heavy (non-hydrogen) atoms. The van der Waals surface area contributed by atoms with Crippen molar-refractivity contribution < 1.29 is 4.79 Å². The summed E-state index contributed by atoms with van der Waals surface area (Å²) in [4.78, 5) is 10.6. The van der Waals surface area contributed by atoms with Crippen LogP contribution in [-0.4, -0.2) is 6.29 Å². The highest BCUT2D eigenvalue weighted by atomic mass is 16.1. The van der Waals surface area contributed by atoms with Gasteiger partial charge < -0.3 is 4.79 Å². The lowest BCUT2D eigenvalue weighted by Crippen LogP contribution is -2.42. The summed E-state index contributed by atoms with van der Waals surface area (Å²) >= 11 is 0. The van der Waals surface area contributed by atoms with Gasteiger partial charge in [-0.25, -0.2) is 0 Å². The van der Waals surface area contributed by atoms with E-state index in [0.717, 1.165) is 24.5 Å². The van der Waals surface area contributed by atoms with E-state index in [-0.39, 0.29) is 0 Å². The van der Waals surface area contributed by atoms with E-state index in [2.05, 4.69) is 26.8 Å². The fourth-order valence-corrected chi connectivity index (χ4v) is 3.81. The van der Waals surface area contributed by atoms with Crippen LogP contribution in [0.4, 0.5) is 0 Å². The van der Waals surface area contributed by atoms with Crippen molar-refractivity contribution >= 4 is 6.29 Å². The third-order valence-electron chi connectivity index (χ3n) is 5.30. The predicted molar refractivity (Wildman–Crippen MR) is 67.2 cm³/mol. The van der Waals surface area contributed by atoms with Gasteiger partial charge in [0.05, 0.1) is 0 Å². The lowest BCUT2D eigenvalue weighted by molar-refractivity contribution is -0.107. The van der Waals surface area contributed by atoms with Gasteiger partial charge in [0.1, 0.15) is 6.29 Å². The third-order valence-corrected chi connectivity index (χ3v) is 5.30. The van der Waals surface area contributed by atoms with E-state index in [4.69, 9.17) is 0 Å². The molecule has 1 nitrogen and oxygen atoms in total. The third kappa shape index (κ3) is 1.85. The van der Waals surface area contributed by atoms with Gasteiger partial charge in [-0.1, -0.05) is 32.4 Å². The van der Waals surface area contributed by atoms with E-state index in [9.17, 15) is 4.79 Å². The number of hydrogen-bond acceptors (Lipinski definition) is 1. The maximum Gasteiger partial charge on any atom is 0.124 e. The molecule has 0 saturated heterocycles. The molecule has 90 valence electrons. The van der Waals surface area contributed by atoms with E-state index in [1.165, 1.54) is 24.8 Å². The quantitative estimate of drug-likeness (QED) is 0.508. The molecule has 2 rings (SSSR count). The average molecular weight is 220 g/mol. The molecule has 1 heteroatoms. The molecule has 0 amide bonds. The molecule has 1 fully saturated rings. The molecule has 2 aliphatic carbocycles. The monoisotopic (exact) mass is 220 g/mol. The highest BCUT2D eigenvalue weighted by Gasteiger charge is 2.45. The first kappa shape index (κ1) is 11.9. The SMILES string of the molecule is CC1CCC(C)C2(C)CCC(CC=O)=CC12. The van der Waals surface area contributed by atoms with Gasteiger partial charge in [-0.3, -0.25) is 0 Å². The Hall–Kier alpha value is -0.590. The Morgan fingerprint density at radius 2 is 2.19 bits per heavy atom. The van der Waals surface area contributed by atoms with Gasteiger partial charge in [0.15, 0.2) is 0 Å². The summed E-state index contributed by atoms with van der Waals surface area (Å²) in [5.74, 6) is 2.34. The lowest BCUT2D eigenvalue weighted by atomic mass is 9.54. The summed E-state index contributed by atoms with van der Waals surface area (Å²) in [5.41, 5.74) is 1.88. The van der Waals surface area contributed by atoms with Crippen molar-refractivity contribution in [3.8, 4) is 0 Å². The molecule has 0 aromatic heterocycles. The molecule has 0 bridgehead atoms. The number of carbonyl (C=O) groups excluding carboxylic acids is 1. The topological polar surface area (TPSA) is 17.1 Å². The van der Waals surface area contributed by atoms with Gasteiger partial charge in [-0.2, -0.15) is 0 Å². The van der Waals surface area contributed by atoms with Crippen molar-refractivity contribution in [1.82, 2.24) is 0 Å². The molecule has 4 unspecified atom stereocenters. The van der Waals surface area contributed by atoms with Crippen molar-refractivity contribution in [2.45, 2.75) is 52.9 Å². The Morgan fingerprint density at radius 1 is 1.44 bits per heavy atom. The molecule has 0 aromatic carbocycles. The maximum absolute atomic E-state index is 10.6. The molecule has 0 aliphatic heterocycles. The highest BCUT2D eigenvalue weighted by molar-refractivity contribution is 5.54. The van der Waals surface area contributed by atoms with Crippen molar-refractivity contribution in [3.63, 3.8) is 0 Å². The zero-order valence-electron chi connectivity index (χ0n) is 10.8. The largest absolute Gasteiger partial charge is 0.303 e. The van der Waals surface area contributed by atoms with Gasteiger partial charge >= 0.3 is 0 Å². The first-order valence-electron chi connectivity index (χ1n) is 6.71. The minimum absolute atomic E-state index is 0.490. The minimum atomic E-state index is 0.490. The van der Waals surface area contributed by atoms with Crippen LogP contribution in [0.5, 0.6) is 0 Å². The number of hydrogen-bond donors (Lipinski definition) is 0. The first-order valence-corrected chi connectivity index (χ1v) is 6.71. The normalized spacial score (nSPS) is 43.4. The molecule has 0 spiro atoms. The summed E-state index contributed by atoms with van der Waals surface area (Å²) in [5, 5.41) is 0. The van der Waals surface area contributed by atoms with E-state index >= 15 is 0 Å². The Kier molecular flexibility index (Phi) is 3.23. The second kappa shape index (κ2) is 4.35. The van der Waals surface area contributed by atoms with Crippen molar-refractivity contribution in [2.24, 2.45) is 23.2 Å². The molecule has 4 atom stereocenters. The number of allylic oxidation sites excluding steroid dienone is 2. The predicted octanol–water partition coefficient (Wildman–Crippen LogP) is 3.98. The second-order valence-corrected chi connectivity index (χ2v) is 6.18. The van der Waals surface area contributed by atoms with Gasteiger partial charge in [0, 0.05) is 6.42 Å². The van der Waals surface area contributed by atoms with Crippen LogP contribution in [0, 0.1) is 23.2 Å². The van der Waals surface area contributed by atoms with Gasteiger partial charge in [-0.15, -0.1) is 0 Å². The van der Waals surface area contributed by atoms with Crippen LogP contribution in [0.25, 0.3) is 0 Å². The standard InChI is InChI=1S/C15H24O/c1-11-4-5-12(2)15(3)8-6-13(7-9-16)10-14(11)15/h9-12,14H,4-8H2,1-3H3. The first-order chi connectivity index (χ1) is 7.58. The van der Waals surface area contributed by atoms with Crippen LogP contribution in [0.1, 0.15) is 52.9 Å². The Bertz CT molecular complexity index is 305. The number of carbonyl (C=O) groups is 1. The summed E-state index contributed by atoms with van der Waals surface area (Å²) in [6, 6.07) is 0. The molecule has 0 radical (unpaired) electrons. The van der Waals surface area contributed by atoms with E-state index in [0.29, 0.717) is 17.8 Å². The van der Waals surface area contributed by atoms with Crippen molar-refractivity contribution in [1.29, 1.82) is 0 Å². The lowest BCUT2D eigenvalue weighted by Gasteiger charge is -2.51. The molecule has 0 N–H and O–H groups in total. The molecular formula is C15H24O. The van der Waals surface area contributed by atoms with Crippen LogP contribution in [-0.2, 0) is 4.79 Å². The Balaban J connectivity index is 2.25. The molecule has 0 aromatic rings. The van der Waals surface area contributed by atoms with Gasteiger partial charge in [-0.05, 0) is 48.9 Å². The number of aldehydes is 1. The van der Waals surface area contributed by atoms with Crippen molar-refractivity contribution in [2.75, 3.05) is 0 Å². The van der Waals surface area contributed by atoms with Crippen LogP contribution in [0.15, 0.2) is 11.6 Å². The van der Waals surface area contributed by atoms with Gasteiger partial charge in [0.25, 0.3) is 0 Å². The van der Waals surface area contributed by atoms with Gasteiger partial charge in [0.2, 0.25) is 0 Å². The number of rotatable bonds is 2. The zero-order chi connectivity index (χ0) is 11.8. The fraction of sp³-hybridized carbons (Fsp3) is 0.800. The molecule has 1 saturated carbocycles. The second-order valence-electron chi connectivity index (χ2n) is 6.18.